The van der Waals surface area contributed by atoms with E-state index in [1.807, 2.05) is 6.92 Å². The number of likely N-dealkylation sites (tertiary alicyclic amines) is 1. The predicted molar refractivity (Wildman–Crippen MR) is 85.3 cm³/mol. The summed E-state index contributed by atoms with van der Waals surface area (Å²) in [7, 11) is 0. The normalized spacial score (nSPS) is 28.5. The number of nitrogens with one attached hydrogen (secondary N) is 1. The Labute approximate surface area is 129 Å². The Morgan fingerprint density at radius 3 is 2.62 bits per heavy atom. The van der Waals surface area contributed by atoms with E-state index in [-0.39, 0.29) is 5.97 Å². The molecule has 2 rings (SSSR count). The molecule has 0 aromatic rings. The summed E-state index contributed by atoms with van der Waals surface area (Å²) in [6, 6.07) is 0.507. The van der Waals surface area contributed by atoms with E-state index in [4.69, 9.17) is 4.74 Å². The van der Waals surface area contributed by atoms with Crippen LogP contribution >= 0.6 is 0 Å². The van der Waals surface area contributed by atoms with E-state index in [0.29, 0.717) is 12.6 Å². The molecule has 0 amide bonds. The molecule has 0 spiro atoms. The lowest BCUT2D eigenvalue weighted by Crippen LogP contribution is -2.56. The van der Waals surface area contributed by atoms with Crippen LogP contribution in [0.5, 0.6) is 0 Å². The molecule has 122 valence electrons. The molecule has 1 N–H and O–H groups in total. The van der Waals surface area contributed by atoms with Gasteiger partial charge in [0, 0.05) is 12.6 Å². The van der Waals surface area contributed by atoms with E-state index >= 15 is 0 Å². The summed E-state index contributed by atoms with van der Waals surface area (Å²) in [5, 5.41) is 3.72. The molecule has 0 aromatic heterocycles. The Balaban J connectivity index is 2.05. The van der Waals surface area contributed by atoms with Gasteiger partial charge in [-0.05, 0) is 58.5 Å². The van der Waals surface area contributed by atoms with Crippen LogP contribution in [0.2, 0.25) is 0 Å². The molecule has 1 saturated heterocycles. The van der Waals surface area contributed by atoms with Gasteiger partial charge in [-0.25, -0.2) is 0 Å². The molecule has 2 fully saturated rings. The van der Waals surface area contributed by atoms with Crippen LogP contribution in [0.15, 0.2) is 0 Å². The van der Waals surface area contributed by atoms with Crippen LogP contribution in [-0.2, 0) is 9.53 Å². The molecule has 2 aliphatic rings. The van der Waals surface area contributed by atoms with Gasteiger partial charge in [0.15, 0.2) is 0 Å². The Morgan fingerprint density at radius 1 is 1.19 bits per heavy atom. The maximum Gasteiger partial charge on any atom is 0.326 e. The number of esters is 1. The van der Waals surface area contributed by atoms with Crippen LogP contribution in [0.1, 0.15) is 65.2 Å². The van der Waals surface area contributed by atoms with Crippen molar-refractivity contribution in [1.29, 1.82) is 0 Å². The fourth-order valence-corrected chi connectivity index (χ4v) is 3.87. The van der Waals surface area contributed by atoms with E-state index in [1.165, 1.54) is 32.1 Å². The summed E-state index contributed by atoms with van der Waals surface area (Å²) < 4.78 is 5.43. The lowest BCUT2D eigenvalue weighted by atomic mass is 9.89. The largest absolute Gasteiger partial charge is 0.465 e. The predicted octanol–water partition coefficient (Wildman–Crippen LogP) is 2.72. The van der Waals surface area contributed by atoms with Gasteiger partial charge in [-0.15, -0.1) is 0 Å². The van der Waals surface area contributed by atoms with E-state index in [0.717, 1.165) is 38.9 Å². The first-order valence-corrected chi connectivity index (χ1v) is 8.87. The molecule has 0 bridgehead atoms. The molecular formula is C17H32N2O2. The van der Waals surface area contributed by atoms with E-state index in [9.17, 15) is 4.79 Å². The number of nitrogens with zero attached hydrogens (tertiary/aromatic N) is 1. The third-order valence-electron chi connectivity index (χ3n) is 4.97. The van der Waals surface area contributed by atoms with Gasteiger partial charge in [0.25, 0.3) is 0 Å². The van der Waals surface area contributed by atoms with Crippen molar-refractivity contribution in [1.82, 2.24) is 10.2 Å². The zero-order valence-corrected chi connectivity index (χ0v) is 13.8. The fourth-order valence-electron chi connectivity index (χ4n) is 3.87. The minimum Gasteiger partial charge on any atom is -0.465 e. The van der Waals surface area contributed by atoms with Gasteiger partial charge in [-0.1, -0.05) is 19.8 Å². The van der Waals surface area contributed by atoms with Crippen LogP contribution in [0.25, 0.3) is 0 Å². The van der Waals surface area contributed by atoms with Gasteiger partial charge in [-0.3, -0.25) is 10.1 Å². The van der Waals surface area contributed by atoms with Gasteiger partial charge in [0.05, 0.1) is 6.61 Å². The standard InChI is InChI=1S/C17H32N2O2/c1-3-12-19-13-7-10-17(11-14-19,16(20)21-4-2)18-15-8-5-6-9-15/h15,18H,3-14H2,1-2H3. The highest BCUT2D eigenvalue weighted by atomic mass is 16.5. The molecule has 21 heavy (non-hydrogen) atoms. The Bertz CT molecular complexity index is 329. The fraction of sp³-hybridized carbons (Fsp3) is 0.941. The molecule has 4 nitrogen and oxygen atoms in total. The molecule has 1 aliphatic carbocycles. The topological polar surface area (TPSA) is 41.6 Å². The van der Waals surface area contributed by atoms with Crippen molar-refractivity contribution in [2.45, 2.75) is 76.8 Å². The second-order valence-corrected chi connectivity index (χ2v) is 6.62. The van der Waals surface area contributed by atoms with E-state index in [2.05, 4.69) is 17.1 Å². The van der Waals surface area contributed by atoms with Crippen molar-refractivity contribution in [3.63, 3.8) is 0 Å². The molecule has 1 saturated carbocycles. The molecule has 1 unspecified atom stereocenters. The van der Waals surface area contributed by atoms with Crippen molar-refractivity contribution in [3.8, 4) is 0 Å². The molecular weight excluding hydrogens is 264 g/mol. The highest BCUT2D eigenvalue weighted by molar-refractivity contribution is 5.81. The van der Waals surface area contributed by atoms with Gasteiger partial charge >= 0.3 is 5.97 Å². The summed E-state index contributed by atoms with van der Waals surface area (Å²) in [5.74, 6) is -0.0183. The van der Waals surface area contributed by atoms with Crippen molar-refractivity contribution in [2.75, 3.05) is 26.2 Å². The Hall–Kier alpha value is -0.610. The summed E-state index contributed by atoms with van der Waals surface area (Å²) in [6.07, 6.45) is 9.07. The van der Waals surface area contributed by atoms with Crippen molar-refractivity contribution < 1.29 is 9.53 Å². The molecule has 0 radical (unpaired) electrons. The average Bonchev–Trinajstić information content (AvgIpc) is 2.88. The number of rotatable bonds is 6. The van der Waals surface area contributed by atoms with Crippen molar-refractivity contribution >= 4 is 5.97 Å². The number of ether oxygens (including phenoxy) is 1. The minimum absolute atomic E-state index is 0.0183. The maximum absolute atomic E-state index is 12.6. The highest BCUT2D eigenvalue weighted by Gasteiger charge is 2.42. The second-order valence-electron chi connectivity index (χ2n) is 6.62. The molecule has 1 aliphatic heterocycles. The summed E-state index contributed by atoms with van der Waals surface area (Å²) in [4.78, 5) is 15.1. The highest BCUT2D eigenvalue weighted by Crippen LogP contribution is 2.28. The lowest BCUT2D eigenvalue weighted by Gasteiger charge is -2.34. The van der Waals surface area contributed by atoms with Crippen molar-refractivity contribution in [3.05, 3.63) is 0 Å². The zero-order chi connectivity index (χ0) is 15.1. The van der Waals surface area contributed by atoms with Gasteiger partial charge < -0.3 is 9.64 Å². The van der Waals surface area contributed by atoms with Gasteiger partial charge in [-0.2, -0.15) is 0 Å². The summed E-state index contributed by atoms with van der Waals surface area (Å²) >= 11 is 0. The molecule has 4 heteroatoms. The van der Waals surface area contributed by atoms with E-state index < -0.39 is 5.54 Å². The summed E-state index contributed by atoms with van der Waals surface area (Å²) in [5.41, 5.74) is -0.437. The van der Waals surface area contributed by atoms with Crippen LogP contribution < -0.4 is 5.32 Å². The first kappa shape index (κ1) is 16.8. The molecule has 1 atom stereocenters. The maximum atomic E-state index is 12.6. The number of carbonyl (C=O) groups is 1. The third kappa shape index (κ3) is 4.43. The van der Waals surface area contributed by atoms with Crippen LogP contribution in [0.4, 0.5) is 0 Å². The number of hydrogen-bond donors (Lipinski definition) is 1. The summed E-state index contributed by atoms with van der Waals surface area (Å²) in [6.45, 7) is 7.86. The first-order chi connectivity index (χ1) is 10.2. The molecule has 1 heterocycles. The second kappa shape index (κ2) is 8.14. The zero-order valence-electron chi connectivity index (χ0n) is 13.8. The smallest absolute Gasteiger partial charge is 0.326 e. The average molecular weight is 296 g/mol. The number of hydrogen-bond acceptors (Lipinski definition) is 4. The minimum atomic E-state index is -0.437. The lowest BCUT2D eigenvalue weighted by molar-refractivity contribution is -0.152. The van der Waals surface area contributed by atoms with Gasteiger partial charge in [0.2, 0.25) is 0 Å². The van der Waals surface area contributed by atoms with Gasteiger partial charge in [0.1, 0.15) is 5.54 Å². The van der Waals surface area contributed by atoms with E-state index in [1.54, 1.807) is 0 Å². The molecule has 0 aromatic carbocycles. The van der Waals surface area contributed by atoms with Crippen LogP contribution in [0.3, 0.4) is 0 Å². The first-order valence-electron chi connectivity index (χ1n) is 8.87. The monoisotopic (exact) mass is 296 g/mol. The van der Waals surface area contributed by atoms with Crippen molar-refractivity contribution in [2.24, 2.45) is 0 Å². The SMILES string of the molecule is CCCN1CCCC(NC2CCCC2)(C(=O)OCC)CC1. The number of carbonyl (C=O) groups excluding carboxylic acids is 1. The quantitative estimate of drug-likeness (QED) is 0.765. The van der Waals surface area contributed by atoms with Crippen LogP contribution in [-0.4, -0.2) is 48.7 Å². The third-order valence-corrected chi connectivity index (χ3v) is 4.97. The van der Waals surface area contributed by atoms with Crippen LogP contribution in [0, 0.1) is 0 Å². The Kier molecular flexibility index (Phi) is 6.49. The Morgan fingerprint density at radius 2 is 1.95 bits per heavy atom.